The Hall–Kier alpha value is -0.0000000000000000555. The van der Waals surface area contributed by atoms with Crippen LogP contribution in [0.1, 0.15) is 64.2 Å². The van der Waals surface area contributed by atoms with Crippen LogP contribution in [0.4, 0.5) is 0 Å². The van der Waals surface area contributed by atoms with E-state index in [1.54, 1.807) is 25.7 Å². The van der Waals surface area contributed by atoms with Crippen LogP contribution >= 0.6 is 19.7 Å². The first-order valence-electron chi connectivity index (χ1n) is 9.37. The van der Waals surface area contributed by atoms with E-state index in [1.165, 1.54) is 55.3 Å². The standard InChI is InChI=1S/C20H31PS/c1-4-10-18(11-5-1)21(19-12-6-2-7-13-19)16-17-22-20-14-8-3-9-15-20/h3,8-9,14-15,18-19H,1-2,4-7,10-13,16-17H2. The Labute approximate surface area is 142 Å². The summed E-state index contributed by atoms with van der Waals surface area (Å²) in [5.41, 5.74) is 2.23. The smallest absolute Gasteiger partial charge is 0.00720 e. The van der Waals surface area contributed by atoms with Crippen LogP contribution in [-0.4, -0.2) is 23.2 Å². The van der Waals surface area contributed by atoms with E-state index in [0.717, 1.165) is 11.3 Å². The Morgan fingerprint density at radius 2 is 1.32 bits per heavy atom. The molecule has 0 spiro atoms. The van der Waals surface area contributed by atoms with Crippen molar-refractivity contribution in [1.29, 1.82) is 0 Å². The molecule has 1 aromatic rings. The summed E-state index contributed by atoms with van der Waals surface area (Å²) in [7, 11) is 0.286. The molecule has 0 aromatic heterocycles. The van der Waals surface area contributed by atoms with Gasteiger partial charge in [0.25, 0.3) is 0 Å². The topological polar surface area (TPSA) is 0 Å². The van der Waals surface area contributed by atoms with E-state index in [2.05, 4.69) is 42.1 Å². The SMILES string of the molecule is c1ccc(SCCP(C2CCCCC2)C2CCCCC2)cc1. The normalized spacial score (nSPS) is 21.3. The fraction of sp³-hybridized carbons (Fsp3) is 0.700. The number of hydrogen-bond donors (Lipinski definition) is 0. The van der Waals surface area contributed by atoms with E-state index in [-0.39, 0.29) is 7.92 Å². The highest BCUT2D eigenvalue weighted by atomic mass is 32.2. The fourth-order valence-electron chi connectivity index (χ4n) is 4.27. The van der Waals surface area contributed by atoms with Crippen LogP contribution in [0.15, 0.2) is 35.2 Å². The van der Waals surface area contributed by atoms with Gasteiger partial charge in [0.05, 0.1) is 0 Å². The Morgan fingerprint density at radius 3 is 1.86 bits per heavy atom. The molecule has 122 valence electrons. The lowest BCUT2D eigenvalue weighted by Gasteiger charge is -2.38. The monoisotopic (exact) mass is 334 g/mol. The molecule has 0 amide bonds. The van der Waals surface area contributed by atoms with E-state index in [0.29, 0.717) is 0 Å². The fourth-order valence-corrected chi connectivity index (χ4v) is 9.45. The van der Waals surface area contributed by atoms with Crippen LogP contribution < -0.4 is 0 Å². The minimum Gasteiger partial charge on any atom is -0.126 e. The lowest BCUT2D eigenvalue weighted by Crippen LogP contribution is -2.22. The largest absolute Gasteiger partial charge is 0.126 e. The molecule has 2 aliphatic carbocycles. The summed E-state index contributed by atoms with van der Waals surface area (Å²) in [6.45, 7) is 0. The van der Waals surface area contributed by atoms with Gasteiger partial charge in [-0.3, -0.25) is 0 Å². The Morgan fingerprint density at radius 1 is 0.773 bits per heavy atom. The number of thioether (sulfide) groups is 1. The van der Waals surface area contributed by atoms with Crippen molar-refractivity contribution < 1.29 is 0 Å². The van der Waals surface area contributed by atoms with E-state index in [4.69, 9.17) is 0 Å². The highest BCUT2D eigenvalue weighted by Crippen LogP contribution is 2.55. The summed E-state index contributed by atoms with van der Waals surface area (Å²) < 4.78 is 0. The van der Waals surface area contributed by atoms with Crippen molar-refractivity contribution in [3.8, 4) is 0 Å². The highest BCUT2D eigenvalue weighted by Gasteiger charge is 2.30. The Kier molecular flexibility index (Phi) is 7.15. The van der Waals surface area contributed by atoms with Crippen LogP contribution in [0.3, 0.4) is 0 Å². The summed E-state index contributed by atoms with van der Waals surface area (Å²) >= 11 is 2.09. The van der Waals surface area contributed by atoms with E-state index in [1.807, 2.05) is 0 Å². The Bertz CT molecular complexity index is 389. The maximum Gasteiger partial charge on any atom is 0.00720 e. The van der Waals surface area contributed by atoms with Crippen molar-refractivity contribution in [3.63, 3.8) is 0 Å². The average molecular weight is 335 g/mol. The van der Waals surface area contributed by atoms with Crippen molar-refractivity contribution in [2.45, 2.75) is 80.4 Å². The van der Waals surface area contributed by atoms with Gasteiger partial charge in [-0.25, -0.2) is 0 Å². The second kappa shape index (κ2) is 9.33. The maximum atomic E-state index is 2.27. The highest BCUT2D eigenvalue weighted by molar-refractivity contribution is 7.99. The molecule has 2 heteroatoms. The van der Waals surface area contributed by atoms with Gasteiger partial charge in [-0.1, -0.05) is 64.6 Å². The first kappa shape index (κ1) is 16.8. The number of hydrogen-bond acceptors (Lipinski definition) is 1. The minimum atomic E-state index is 0.286. The quantitative estimate of drug-likeness (QED) is 0.401. The molecule has 0 saturated heterocycles. The molecule has 1 aromatic carbocycles. The summed E-state index contributed by atoms with van der Waals surface area (Å²) in [4.78, 5) is 1.46. The van der Waals surface area contributed by atoms with Gasteiger partial charge in [0.1, 0.15) is 0 Å². The van der Waals surface area contributed by atoms with Crippen molar-refractivity contribution >= 4 is 19.7 Å². The zero-order chi connectivity index (χ0) is 15.0. The molecule has 0 radical (unpaired) electrons. The molecule has 2 aliphatic rings. The van der Waals surface area contributed by atoms with Gasteiger partial charge in [-0.15, -0.1) is 11.8 Å². The Balaban J connectivity index is 1.55. The summed E-state index contributed by atoms with van der Waals surface area (Å²) in [5.74, 6) is 1.35. The van der Waals surface area contributed by atoms with Gasteiger partial charge in [0, 0.05) is 10.6 Å². The van der Waals surface area contributed by atoms with E-state index >= 15 is 0 Å². The first-order valence-corrected chi connectivity index (χ1v) is 12.0. The molecular formula is C20H31PS. The van der Waals surface area contributed by atoms with Gasteiger partial charge in [-0.2, -0.15) is 0 Å². The lowest BCUT2D eigenvalue weighted by atomic mass is 9.99. The molecule has 3 rings (SSSR count). The van der Waals surface area contributed by atoms with Crippen LogP contribution in [0.2, 0.25) is 0 Å². The molecular weight excluding hydrogens is 303 g/mol. The lowest BCUT2D eigenvalue weighted by molar-refractivity contribution is 0.484. The third-order valence-electron chi connectivity index (χ3n) is 5.45. The zero-order valence-corrected chi connectivity index (χ0v) is 15.6. The van der Waals surface area contributed by atoms with Gasteiger partial charge in [0.2, 0.25) is 0 Å². The molecule has 0 aliphatic heterocycles. The summed E-state index contributed by atoms with van der Waals surface area (Å²) in [6, 6.07) is 11.0. The third-order valence-corrected chi connectivity index (χ3v) is 10.4. The first-order chi connectivity index (χ1) is 10.9. The van der Waals surface area contributed by atoms with Crippen molar-refractivity contribution in [2.24, 2.45) is 0 Å². The van der Waals surface area contributed by atoms with Gasteiger partial charge < -0.3 is 0 Å². The third kappa shape index (κ3) is 5.00. The second-order valence-electron chi connectivity index (χ2n) is 6.98. The van der Waals surface area contributed by atoms with Crippen LogP contribution in [0.25, 0.3) is 0 Å². The maximum absolute atomic E-state index is 2.27. The molecule has 0 bridgehead atoms. The number of benzene rings is 1. The van der Waals surface area contributed by atoms with Crippen molar-refractivity contribution in [3.05, 3.63) is 30.3 Å². The van der Waals surface area contributed by atoms with Gasteiger partial charge >= 0.3 is 0 Å². The zero-order valence-electron chi connectivity index (χ0n) is 13.9. The molecule has 22 heavy (non-hydrogen) atoms. The van der Waals surface area contributed by atoms with E-state index < -0.39 is 0 Å². The van der Waals surface area contributed by atoms with Gasteiger partial charge in [-0.05, 0) is 55.3 Å². The molecule has 0 unspecified atom stereocenters. The average Bonchev–Trinajstić information content (AvgIpc) is 2.61. The molecule has 0 nitrogen and oxygen atoms in total. The summed E-state index contributed by atoms with van der Waals surface area (Å²) in [6.07, 6.45) is 16.8. The van der Waals surface area contributed by atoms with Gasteiger partial charge in [0.15, 0.2) is 0 Å². The molecule has 2 saturated carbocycles. The molecule has 0 atom stereocenters. The van der Waals surface area contributed by atoms with Crippen molar-refractivity contribution in [2.75, 3.05) is 11.9 Å². The van der Waals surface area contributed by atoms with Crippen molar-refractivity contribution in [1.82, 2.24) is 0 Å². The predicted molar refractivity (Wildman–Crippen MR) is 103 cm³/mol. The molecule has 2 fully saturated rings. The minimum absolute atomic E-state index is 0.286. The molecule has 0 N–H and O–H groups in total. The predicted octanol–water partition coefficient (Wildman–Crippen LogP) is 6.93. The summed E-state index contributed by atoms with van der Waals surface area (Å²) in [5, 5.41) is 0. The van der Waals surface area contributed by atoms with Crippen LogP contribution in [0.5, 0.6) is 0 Å². The second-order valence-corrected chi connectivity index (χ2v) is 11.1. The molecule has 0 heterocycles. The van der Waals surface area contributed by atoms with Crippen LogP contribution in [0, 0.1) is 0 Å². The van der Waals surface area contributed by atoms with E-state index in [9.17, 15) is 0 Å². The number of rotatable bonds is 6. The van der Waals surface area contributed by atoms with Crippen LogP contribution in [-0.2, 0) is 0 Å².